The van der Waals surface area contributed by atoms with Crippen molar-refractivity contribution in [3.05, 3.63) is 35.9 Å². The van der Waals surface area contributed by atoms with E-state index in [0.29, 0.717) is 0 Å². The van der Waals surface area contributed by atoms with Gasteiger partial charge < -0.3 is 20.1 Å². The zero-order valence-corrected chi connectivity index (χ0v) is 19.4. The van der Waals surface area contributed by atoms with Gasteiger partial charge in [0.1, 0.15) is 23.3 Å². The van der Waals surface area contributed by atoms with Crippen LogP contribution < -0.4 is 10.6 Å². The van der Waals surface area contributed by atoms with Crippen LogP contribution in [0.1, 0.15) is 61.0 Å². The van der Waals surface area contributed by atoms with E-state index in [1.165, 1.54) is 0 Å². The molecular weight excluding hydrogens is 384 g/mol. The first-order chi connectivity index (χ1) is 13.7. The molecule has 2 atom stereocenters. The molecule has 168 valence electrons. The predicted molar refractivity (Wildman–Crippen MR) is 116 cm³/mol. The van der Waals surface area contributed by atoms with Crippen LogP contribution >= 0.6 is 0 Å². The Kier molecular flexibility index (Phi) is 8.88. The van der Waals surface area contributed by atoms with E-state index in [2.05, 4.69) is 10.6 Å². The Hall–Kier alpha value is -2.57. The molecule has 0 heterocycles. The molecule has 1 rings (SSSR count). The summed E-state index contributed by atoms with van der Waals surface area (Å²) in [4.78, 5) is 37.9. The van der Waals surface area contributed by atoms with E-state index in [9.17, 15) is 14.4 Å². The molecule has 0 fully saturated rings. The average Bonchev–Trinajstić information content (AvgIpc) is 2.56. The van der Waals surface area contributed by atoms with Crippen molar-refractivity contribution in [2.24, 2.45) is 5.92 Å². The Morgan fingerprint density at radius 2 is 1.40 bits per heavy atom. The number of carbonyl (C=O) groups excluding carboxylic acids is 3. The van der Waals surface area contributed by atoms with Crippen molar-refractivity contribution >= 4 is 18.0 Å². The number of hydrogen-bond donors (Lipinski definition) is 2. The second-order valence-corrected chi connectivity index (χ2v) is 9.65. The van der Waals surface area contributed by atoms with Gasteiger partial charge in [-0.2, -0.15) is 0 Å². The average molecular weight is 421 g/mol. The third-order valence-electron chi connectivity index (χ3n) is 3.92. The summed E-state index contributed by atoms with van der Waals surface area (Å²) in [5, 5.41) is 5.37. The van der Waals surface area contributed by atoms with Gasteiger partial charge in [-0.1, -0.05) is 44.2 Å². The monoisotopic (exact) mass is 420 g/mol. The second-order valence-electron chi connectivity index (χ2n) is 9.65. The summed E-state index contributed by atoms with van der Waals surface area (Å²) >= 11 is 0. The molecule has 2 amide bonds. The van der Waals surface area contributed by atoms with Crippen LogP contribution in [0, 0.1) is 5.92 Å². The Balaban J connectivity index is 3.01. The van der Waals surface area contributed by atoms with Crippen molar-refractivity contribution in [1.29, 1.82) is 0 Å². The van der Waals surface area contributed by atoms with Gasteiger partial charge in [-0.25, -0.2) is 9.59 Å². The molecule has 0 saturated carbocycles. The highest BCUT2D eigenvalue weighted by Crippen LogP contribution is 2.14. The van der Waals surface area contributed by atoms with Crippen LogP contribution in [0.3, 0.4) is 0 Å². The first kappa shape index (κ1) is 25.5. The molecule has 0 aliphatic carbocycles. The molecule has 1 aromatic carbocycles. The van der Waals surface area contributed by atoms with E-state index >= 15 is 0 Å². The van der Waals surface area contributed by atoms with Gasteiger partial charge in [0.25, 0.3) is 0 Å². The number of nitrogens with one attached hydrogen (secondary N) is 2. The fraction of sp³-hybridized carbons (Fsp3) is 0.609. The quantitative estimate of drug-likeness (QED) is 0.657. The number of amides is 2. The van der Waals surface area contributed by atoms with Gasteiger partial charge in [0.15, 0.2) is 0 Å². The normalized spacial score (nSPS) is 13.9. The fourth-order valence-electron chi connectivity index (χ4n) is 2.63. The summed E-state index contributed by atoms with van der Waals surface area (Å²) in [5.74, 6) is -1.18. The molecule has 0 aliphatic heterocycles. The molecule has 0 radical (unpaired) electrons. The molecular formula is C23H36N2O5. The van der Waals surface area contributed by atoms with Gasteiger partial charge in [-0.15, -0.1) is 0 Å². The summed E-state index contributed by atoms with van der Waals surface area (Å²) in [7, 11) is 0. The lowest BCUT2D eigenvalue weighted by atomic mass is 10.0. The van der Waals surface area contributed by atoms with Crippen LogP contribution in [0.5, 0.6) is 0 Å². The fourth-order valence-corrected chi connectivity index (χ4v) is 2.63. The van der Waals surface area contributed by atoms with Crippen molar-refractivity contribution in [3.8, 4) is 0 Å². The van der Waals surface area contributed by atoms with E-state index in [0.717, 1.165) is 5.56 Å². The molecule has 0 spiro atoms. The van der Waals surface area contributed by atoms with Crippen LogP contribution in [-0.2, 0) is 25.5 Å². The minimum absolute atomic E-state index is 0.192. The Labute approximate surface area is 179 Å². The number of rotatable bonds is 7. The number of ether oxygens (including phenoxy) is 2. The van der Waals surface area contributed by atoms with Gasteiger partial charge in [0.2, 0.25) is 5.91 Å². The topological polar surface area (TPSA) is 93.7 Å². The zero-order valence-electron chi connectivity index (χ0n) is 19.4. The lowest BCUT2D eigenvalue weighted by Gasteiger charge is -2.28. The number of hydrogen-bond acceptors (Lipinski definition) is 5. The van der Waals surface area contributed by atoms with E-state index in [-0.39, 0.29) is 12.3 Å². The van der Waals surface area contributed by atoms with Crippen LogP contribution in [-0.4, -0.2) is 41.3 Å². The summed E-state index contributed by atoms with van der Waals surface area (Å²) in [6.07, 6.45) is -0.442. The second kappa shape index (κ2) is 10.5. The van der Waals surface area contributed by atoms with Gasteiger partial charge >= 0.3 is 12.1 Å². The Morgan fingerprint density at radius 3 is 1.87 bits per heavy atom. The maximum absolute atomic E-state index is 13.0. The minimum atomic E-state index is -0.911. The summed E-state index contributed by atoms with van der Waals surface area (Å²) in [6.45, 7) is 14.2. The lowest BCUT2D eigenvalue weighted by molar-refractivity contribution is -0.160. The number of alkyl carbamates (subject to hydrolysis) is 1. The molecule has 7 heteroatoms. The third-order valence-corrected chi connectivity index (χ3v) is 3.92. The molecule has 0 unspecified atom stereocenters. The summed E-state index contributed by atoms with van der Waals surface area (Å²) in [5.41, 5.74) is -0.505. The van der Waals surface area contributed by atoms with E-state index in [1.807, 2.05) is 44.2 Å². The highest BCUT2D eigenvalue weighted by Gasteiger charge is 2.32. The summed E-state index contributed by atoms with van der Waals surface area (Å²) < 4.78 is 10.7. The lowest BCUT2D eigenvalue weighted by Crippen LogP contribution is -2.55. The molecule has 0 aromatic heterocycles. The van der Waals surface area contributed by atoms with E-state index in [4.69, 9.17) is 9.47 Å². The van der Waals surface area contributed by atoms with Crippen molar-refractivity contribution in [2.75, 3.05) is 0 Å². The van der Waals surface area contributed by atoms with Crippen LogP contribution in [0.25, 0.3) is 0 Å². The molecule has 1 aromatic rings. The Bertz CT molecular complexity index is 717. The molecule has 2 N–H and O–H groups in total. The van der Waals surface area contributed by atoms with Crippen molar-refractivity contribution in [1.82, 2.24) is 10.6 Å². The standard InChI is InChI=1S/C23H36N2O5/c1-15(2)18(20(27)29-22(3,4)5)25-19(26)17(14-16-12-10-9-11-13-16)24-21(28)30-23(6,7)8/h9-13,15,17-18H,14H2,1-8H3,(H,24,28)(H,25,26)/t17-,18-/m0/s1. The molecule has 30 heavy (non-hydrogen) atoms. The Morgan fingerprint density at radius 1 is 0.867 bits per heavy atom. The predicted octanol–water partition coefficient (Wildman–Crippen LogP) is 3.60. The van der Waals surface area contributed by atoms with E-state index in [1.54, 1.807) is 41.5 Å². The minimum Gasteiger partial charge on any atom is -0.458 e. The third kappa shape index (κ3) is 9.76. The number of benzene rings is 1. The molecule has 7 nitrogen and oxygen atoms in total. The van der Waals surface area contributed by atoms with E-state index < -0.39 is 41.3 Å². The highest BCUT2D eigenvalue weighted by molar-refractivity contribution is 5.90. The molecule has 0 aliphatic rings. The highest BCUT2D eigenvalue weighted by atomic mass is 16.6. The maximum Gasteiger partial charge on any atom is 0.408 e. The van der Waals surface area contributed by atoms with Crippen LogP contribution in [0.2, 0.25) is 0 Å². The number of carbonyl (C=O) groups is 3. The van der Waals surface area contributed by atoms with Gasteiger partial charge in [-0.3, -0.25) is 4.79 Å². The zero-order chi connectivity index (χ0) is 23.1. The maximum atomic E-state index is 13.0. The first-order valence-electron chi connectivity index (χ1n) is 10.2. The van der Waals surface area contributed by atoms with Gasteiger partial charge in [-0.05, 0) is 53.0 Å². The van der Waals surface area contributed by atoms with Crippen molar-refractivity contribution in [3.63, 3.8) is 0 Å². The van der Waals surface area contributed by atoms with Crippen LogP contribution in [0.4, 0.5) is 4.79 Å². The van der Waals surface area contributed by atoms with Crippen molar-refractivity contribution < 1.29 is 23.9 Å². The molecule has 0 bridgehead atoms. The SMILES string of the molecule is CC(C)[C@H](NC(=O)[C@H](Cc1ccccc1)NC(=O)OC(C)(C)C)C(=O)OC(C)(C)C. The largest absolute Gasteiger partial charge is 0.458 e. The molecule has 0 saturated heterocycles. The van der Waals surface area contributed by atoms with Crippen molar-refractivity contribution in [2.45, 2.75) is 85.1 Å². The number of esters is 1. The van der Waals surface area contributed by atoms with Gasteiger partial charge in [0.05, 0.1) is 0 Å². The van der Waals surface area contributed by atoms with Gasteiger partial charge in [0, 0.05) is 6.42 Å². The van der Waals surface area contributed by atoms with Crippen LogP contribution in [0.15, 0.2) is 30.3 Å². The summed E-state index contributed by atoms with van der Waals surface area (Å²) in [6, 6.07) is 7.57. The smallest absolute Gasteiger partial charge is 0.408 e. The first-order valence-corrected chi connectivity index (χ1v) is 10.2.